The fraction of sp³-hybridized carbons (Fsp3) is 1.00. The van der Waals surface area contributed by atoms with Crippen molar-refractivity contribution >= 4 is 11.6 Å². The molecule has 70 valence electrons. The molecule has 0 radical (unpaired) electrons. The molecular weight excluding hydrogens is 168 g/mol. The van der Waals surface area contributed by atoms with Crippen molar-refractivity contribution in [3.05, 3.63) is 0 Å². The van der Waals surface area contributed by atoms with Crippen molar-refractivity contribution in [1.82, 2.24) is 0 Å². The first kappa shape index (κ1) is 8.87. The lowest BCUT2D eigenvalue weighted by atomic mass is 9.79. The van der Waals surface area contributed by atoms with Gasteiger partial charge >= 0.3 is 0 Å². The Morgan fingerprint density at radius 2 is 1.33 bits per heavy atom. The molecule has 0 aromatic rings. The Balaban J connectivity index is 1.91. The highest BCUT2D eigenvalue weighted by Crippen LogP contribution is 2.41. The van der Waals surface area contributed by atoms with Gasteiger partial charge in [-0.25, -0.2) is 0 Å². The normalized spacial score (nSPS) is 38.8. The molecule has 2 aliphatic rings. The van der Waals surface area contributed by atoms with Gasteiger partial charge in [-0.05, 0) is 24.7 Å². The van der Waals surface area contributed by atoms with Gasteiger partial charge in [-0.2, -0.15) is 0 Å². The van der Waals surface area contributed by atoms with E-state index in [1.807, 2.05) is 0 Å². The SMILES string of the molecule is ClC1CCCCC1C1CCCC1. The van der Waals surface area contributed by atoms with Crippen LogP contribution in [0.5, 0.6) is 0 Å². The Morgan fingerprint density at radius 1 is 0.750 bits per heavy atom. The molecule has 0 spiro atoms. The number of alkyl halides is 1. The molecule has 0 aromatic heterocycles. The van der Waals surface area contributed by atoms with Crippen LogP contribution < -0.4 is 0 Å². The average molecular weight is 187 g/mol. The molecule has 0 aliphatic heterocycles. The number of hydrogen-bond acceptors (Lipinski definition) is 0. The minimum Gasteiger partial charge on any atom is -0.123 e. The average Bonchev–Trinajstić information content (AvgIpc) is 2.57. The van der Waals surface area contributed by atoms with Gasteiger partial charge in [0.1, 0.15) is 0 Å². The van der Waals surface area contributed by atoms with E-state index in [-0.39, 0.29) is 0 Å². The second-order valence-corrected chi connectivity index (χ2v) is 5.07. The van der Waals surface area contributed by atoms with Gasteiger partial charge in [-0.3, -0.25) is 0 Å². The maximum Gasteiger partial charge on any atom is 0.0366 e. The van der Waals surface area contributed by atoms with Crippen LogP contribution in [0.4, 0.5) is 0 Å². The minimum absolute atomic E-state index is 0.516. The third kappa shape index (κ3) is 1.79. The molecule has 0 heterocycles. The molecule has 0 bridgehead atoms. The Labute approximate surface area is 80.7 Å². The largest absolute Gasteiger partial charge is 0.123 e. The summed E-state index contributed by atoms with van der Waals surface area (Å²) in [6.45, 7) is 0. The molecule has 2 unspecified atom stereocenters. The fourth-order valence-electron chi connectivity index (χ4n) is 3.03. The molecule has 2 saturated carbocycles. The summed E-state index contributed by atoms with van der Waals surface area (Å²) in [7, 11) is 0. The standard InChI is InChI=1S/C11H19Cl/c12-11-8-4-3-7-10(11)9-5-1-2-6-9/h9-11H,1-8H2. The summed E-state index contributed by atoms with van der Waals surface area (Å²) in [6.07, 6.45) is 11.4. The molecule has 0 aromatic carbocycles. The van der Waals surface area contributed by atoms with Crippen LogP contribution in [0.2, 0.25) is 0 Å². The first-order valence-corrected chi connectivity index (χ1v) is 5.95. The highest BCUT2D eigenvalue weighted by atomic mass is 35.5. The van der Waals surface area contributed by atoms with Crippen LogP contribution in [0.25, 0.3) is 0 Å². The fourth-order valence-corrected chi connectivity index (χ4v) is 3.52. The first-order chi connectivity index (χ1) is 5.88. The van der Waals surface area contributed by atoms with Crippen molar-refractivity contribution in [2.45, 2.75) is 56.7 Å². The van der Waals surface area contributed by atoms with Crippen molar-refractivity contribution in [3.8, 4) is 0 Å². The van der Waals surface area contributed by atoms with Crippen LogP contribution in [0.15, 0.2) is 0 Å². The quantitative estimate of drug-likeness (QED) is 0.544. The van der Waals surface area contributed by atoms with E-state index in [1.165, 1.54) is 51.4 Å². The number of hydrogen-bond donors (Lipinski definition) is 0. The second-order valence-electron chi connectivity index (χ2n) is 4.51. The van der Waals surface area contributed by atoms with E-state index in [9.17, 15) is 0 Å². The Bertz CT molecular complexity index is 138. The van der Waals surface area contributed by atoms with E-state index in [0.29, 0.717) is 5.38 Å². The van der Waals surface area contributed by atoms with E-state index in [4.69, 9.17) is 11.6 Å². The van der Waals surface area contributed by atoms with Crippen molar-refractivity contribution in [2.75, 3.05) is 0 Å². The first-order valence-electron chi connectivity index (χ1n) is 5.52. The minimum atomic E-state index is 0.516. The van der Waals surface area contributed by atoms with E-state index < -0.39 is 0 Å². The van der Waals surface area contributed by atoms with Gasteiger partial charge in [0.15, 0.2) is 0 Å². The van der Waals surface area contributed by atoms with E-state index in [0.717, 1.165) is 11.8 Å². The summed E-state index contributed by atoms with van der Waals surface area (Å²) < 4.78 is 0. The summed E-state index contributed by atoms with van der Waals surface area (Å²) in [5.41, 5.74) is 0. The molecular formula is C11H19Cl. The monoisotopic (exact) mass is 186 g/mol. The van der Waals surface area contributed by atoms with Gasteiger partial charge in [-0.15, -0.1) is 11.6 Å². The lowest BCUT2D eigenvalue weighted by Crippen LogP contribution is -2.25. The smallest absolute Gasteiger partial charge is 0.0366 e. The highest BCUT2D eigenvalue weighted by molar-refractivity contribution is 6.20. The van der Waals surface area contributed by atoms with E-state index in [1.54, 1.807) is 0 Å². The van der Waals surface area contributed by atoms with Crippen LogP contribution >= 0.6 is 11.6 Å². The maximum atomic E-state index is 6.36. The second kappa shape index (κ2) is 4.00. The predicted molar refractivity (Wildman–Crippen MR) is 53.6 cm³/mol. The maximum absolute atomic E-state index is 6.36. The van der Waals surface area contributed by atoms with Gasteiger partial charge in [0, 0.05) is 5.38 Å². The zero-order valence-corrected chi connectivity index (χ0v) is 8.52. The third-order valence-corrected chi connectivity index (χ3v) is 4.28. The lowest BCUT2D eigenvalue weighted by molar-refractivity contribution is 0.257. The van der Waals surface area contributed by atoms with Crippen molar-refractivity contribution in [1.29, 1.82) is 0 Å². The van der Waals surface area contributed by atoms with Gasteiger partial charge in [-0.1, -0.05) is 38.5 Å². The molecule has 2 fully saturated rings. The van der Waals surface area contributed by atoms with Crippen molar-refractivity contribution in [2.24, 2.45) is 11.8 Å². The van der Waals surface area contributed by atoms with Crippen molar-refractivity contribution < 1.29 is 0 Å². The molecule has 0 saturated heterocycles. The topological polar surface area (TPSA) is 0 Å². The van der Waals surface area contributed by atoms with Crippen LogP contribution in [-0.4, -0.2) is 5.38 Å². The van der Waals surface area contributed by atoms with Crippen LogP contribution in [-0.2, 0) is 0 Å². The molecule has 12 heavy (non-hydrogen) atoms. The van der Waals surface area contributed by atoms with E-state index >= 15 is 0 Å². The molecule has 0 N–H and O–H groups in total. The van der Waals surface area contributed by atoms with E-state index in [2.05, 4.69) is 0 Å². The van der Waals surface area contributed by atoms with Gasteiger partial charge < -0.3 is 0 Å². The summed E-state index contributed by atoms with van der Waals surface area (Å²) in [5, 5.41) is 0.516. The zero-order chi connectivity index (χ0) is 8.39. The molecule has 0 amide bonds. The molecule has 0 nitrogen and oxygen atoms in total. The molecule has 2 atom stereocenters. The highest BCUT2D eigenvalue weighted by Gasteiger charge is 2.31. The predicted octanol–water partition coefficient (Wildman–Crippen LogP) is 3.97. The summed E-state index contributed by atoms with van der Waals surface area (Å²) >= 11 is 6.36. The van der Waals surface area contributed by atoms with Crippen molar-refractivity contribution in [3.63, 3.8) is 0 Å². The van der Waals surface area contributed by atoms with Gasteiger partial charge in [0.2, 0.25) is 0 Å². The molecule has 2 aliphatic carbocycles. The molecule has 1 heteroatoms. The lowest BCUT2D eigenvalue weighted by Gasteiger charge is -2.31. The van der Waals surface area contributed by atoms with Crippen LogP contribution in [0, 0.1) is 11.8 Å². The van der Waals surface area contributed by atoms with Crippen LogP contribution in [0.1, 0.15) is 51.4 Å². The van der Waals surface area contributed by atoms with Crippen LogP contribution in [0.3, 0.4) is 0 Å². The third-order valence-electron chi connectivity index (χ3n) is 3.74. The summed E-state index contributed by atoms with van der Waals surface area (Å²) in [5.74, 6) is 1.87. The molecule has 2 rings (SSSR count). The Hall–Kier alpha value is 0.290. The zero-order valence-electron chi connectivity index (χ0n) is 7.77. The summed E-state index contributed by atoms with van der Waals surface area (Å²) in [4.78, 5) is 0. The van der Waals surface area contributed by atoms with Gasteiger partial charge in [0.05, 0.1) is 0 Å². The number of rotatable bonds is 1. The number of halogens is 1. The Morgan fingerprint density at radius 3 is 2.00 bits per heavy atom. The summed E-state index contributed by atoms with van der Waals surface area (Å²) in [6, 6.07) is 0. The Kier molecular flexibility index (Phi) is 2.96. The van der Waals surface area contributed by atoms with Gasteiger partial charge in [0.25, 0.3) is 0 Å².